The molecule has 0 aromatic carbocycles. The van der Waals surface area contributed by atoms with E-state index in [1.807, 2.05) is 29.8 Å². The molecule has 4 aromatic heterocycles. The number of aromatic amines is 1. The third-order valence-electron chi connectivity index (χ3n) is 3.65. The van der Waals surface area contributed by atoms with Crippen LogP contribution in [-0.2, 0) is 6.54 Å². The van der Waals surface area contributed by atoms with Crippen LogP contribution in [0.4, 0.5) is 11.5 Å². The molecule has 4 heterocycles. The van der Waals surface area contributed by atoms with E-state index < -0.39 is 0 Å². The number of hydrogen-bond donors (Lipinski definition) is 2. The molecule has 7 heteroatoms. The molecule has 0 aliphatic heterocycles. The maximum Gasteiger partial charge on any atom is 0.178 e. The molecule has 0 amide bonds. The minimum Gasteiger partial charge on any atom is -0.336 e. The fraction of sp³-hybridized carbons (Fsp3) is 0.200. The lowest BCUT2D eigenvalue weighted by atomic mass is 10.2. The van der Waals surface area contributed by atoms with Gasteiger partial charge in [0.2, 0.25) is 0 Å². The van der Waals surface area contributed by atoms with Crippen LogP contribution >= 0.6 is 0 Å². The van der Waals surface area contributed by atoms with E-state index >= 15 is 0 Å². The number of H-pyrrole nitrogens is 1. The maximum atomic E-state index is 4.51. The van der Waals surface area contributed by atoms with Gasteiger partial charge in [-0.05, 0) is 32.0 Å². The molecule has 0 saturated heterocycles. The van der Waals surface area contributed by atoms with E-state index in [2.05, 4.69) is 37.5 Å². The predicted molar refractivity (Wildman–Crippen MR) is 85.1 cm³/mol. The third kappa shape index (κ3) is 1.90. The quantitative estimate of drug-likeness (QED) is 0.606. The summed E-state index contributed by atoms with van der Waals surface area (Å²) in [6, 6.07) is 5.86. The zero-order valence-electron chi connectivity index (χ0n) is 12.3. The molecular weight excluding hydrogens is 278 g/mol. The number of nitrogens with one attached hydrogen (secondary N) is 2. The van der Waals surface area contributed by atoms with Gasteiger partial charge < -0.3 is 5.32 Å². The second-order valence-electron chi connectivity index (χ2n) is 5.09. The summed E-state index contributed by atoms with van der Waals surface area (Å²) in [5.74, 6) is 0.692. The number of rotatable bonds is 3. The Morgan fingerprint density at radius 1 is 1.32 bits per heavy atom. The van der Waals surface area contributed by atoms with Gasteiger partial charge in [-0.25, -0.2) is 9.67 Å². The normalized spacial score (nSPS) is 11.4. The Morgan fingerprint density at radius 3 is 3.09 bits per heavy atom. The van der Waals surface area contributed by atoms with Crippen molar-refractivity contribution in [3.8, 4) is 0 Å². The molecule has 4 aromatic rings. The summed E-state index contributed by atoms with van der Waals surface area (Å²) >= 11 is 0. The second-order valence-corrected chi connectivity index (χ2v) is 5.09. The number of pyridine rings is 2. The molecule has 0 radical (unpaired) electrons. The summed E-state index contributed by atoms with van der Waals surface area (Å²) < 4.78 is 1.90. The summed E-state index contributed by atoms with van der Waals surface area (Å²) in [6.45, 7) is 4.85. The highest BCUT2D eigenvalue weighted by Crippen LogP contribution is 2.24. The number of hydrogen-bond acceptors (Lipinski definition) is 5. The van der Waals surface area contributed by atoms with Crippen molar-refractivity contribution in [2.75, 3.05) is 5.32 Å². The summed E-state index contributed by atoms with van der Waals surface area (Å²) in [5, 5.41) is 16.0. The molecule has 0 aliphatic rings. The van der Waals surface area contributed by atoms with Crippen LogP contribution in [0, 0.1) is 6.92 Å². The van der Waals surface area contributed by atoms with Gasteiger partial charge in [0, 0.05) is 18.1 Å². The number of aromatic nitrogens is 6. The molecule has 110 valence electrons. The molecule has 4 rings (SSSR count). The van der Waals surface area contributed by atoms with Crippen molar-refractivity contribution in [1.82, 2.24) is 29.9 Å². The Labute approximate surface area is 126 Å². The smallest absolute Gasteiger partial charge is 0.178 e. The number of nitrogens with zero attached hydrogens (tertiary/aromatic N) is 5. The fourth-order valence-corrected chi connectivity index (χ4v) is 2.58. The molecule has 0 bridgehead atoms. The van der Waals surface area contributed by atoms with E-state index in [0.717, 1.165) is 40.0 Å². The van der Waals surface area contributed by atoms with Crippen molar-refractivity contribution in [1.29, 1.82) is 0 Å². The first-order valence-electron chi connectivity index (χ1n) is 7.15. The number of aryl methyl sites for hydroxylation is 2. The monoisotopic (exact) mass is 293 g/mol. The van der Waals surface area contributed by atoms with Crippen LogP contribution in [0.1, 0.15) is 12.6 Å². The first-order valence-corrected chi connectivity index (χ1v) is 7.15. The van der Waals surface area contributed by atoms with Crippen LogP contribution in [0.3, 0.4) is 0 Å². The van der Waals surface area contributed by atoms with Gasteiger partial charge in [-0.3, -0.25) is 10.1 Å². The Kier molecular flexibility index (Phi) is 2.78. The summed E-state index contributed by atoms with van der Waals surface area (Å²) in [4.78, 5) is 8.85. The Morgan fingerprint density at radius 2 is 2.23 bits per heavy atom. The molecule has 2 N–H and O–H groups in total. The summed E-state index contributed by atoms with van der Waals surface area (Å²) in [7, 11) is 0. The maximum absolute atomic E-state index is 4.51. The van der Waals surface area contributed by atoms with E-state index in [1.54, 1.807) is 12.4 Å². The standard InChI is InChI=1S/C15H15N7/c1-3-22-15-11(9(2)21-22)7-10(8-17-15)18-14-13-12(19-20-14)5-4-6-16-13/h4-8H,3H2,1-2H3,(H2,18,19,20). The topological polar surface area (TPSA) is 84.3 Å². The first-order chi connectivity index (χ1) is 10.8. The van der Waals surface area contributed by atoms with Crippen molar-refractivity contribution in [2.24, 2.45) is 0 Å². The van der Waals surface area contributed by atoms with E-state index in [0.29, 0.717) is 5.82 Å². The van der Waals surface area contributed by atoms with Crippen molar-refractivity contribution >= 4 is 33.6 Å². The fourth-order valence-electron chi connectivity index (χ4n) is 2.58. The minimum atomic E-state index is 0.692. The van der Waals surface area contributed by atoms with Crippen LogP contribution in [0.25, 0.3) is 22.1 Å². The van der Waals surface area contributed by atoms with E-state index in [1.165, 1.54) is 0 Å². The third-order valence-corrected chi connectivity index (χ3v) is 3.65. The SMILES string of the molecule is CCn1nc(C)c2cc(Nc3n[nH]c4cccnc34)cnc21. The first kappa shape index (κ1) is 12.8. The summed E-state index contributed by atoms with van der Waals surface area (Å²) in [6.07, 6.45) is 3.54. The van der Waals surface area contributed by atoms with Crippen molar-refractivity contribution in [2.45, 2.75) is 20.4 Å². The highest BCUT2D eigenvalue weighted by Gasteiger charge is 2.11. The molecule has 0 fully saturated rings. The molecule has 0 saturated carbocycles. The van der Waals surface area contributed by atoms with E-state index in [9.17, 15) is 0 Å². The Bertz CT molecular complexity index is 967. The molecule has 22 heavy (non-hydrogen) atoms. The lowest BCUT2D eigenvalue weighted by molar-refractivity contribution is 0.669. The van der Waals surface area contributed by atoms with E-state index in [4.69, 9.17) is 0 Å². The zero-order valence-corrected chi connectivity index (χ0v) is 12.3. The molecule has 7 nitrogen and oxygen atoms in total. The highest BCUT2D eigenvalue weighted by molar-refractivity contribution is 5.89. The van der Waals surface area contributed by atoms with Gasteiger partial charge in [-0.15, -0.1) is 0 Å². The van der Waals surface area contributed by atoms with Crippen LogP contribution in [0.2, 0.25) is 0 Å². The largest absolute Gasteiger partial charge is 0.336 e. The van der Waals surface area contributed by atoms with Gasteiger partial charge >= 0.3 is 0 Å². The lowest BCUT2D eigenvalue weighted by Gasteiger charge is -2.03. The Balaban J connectivity index is 1.77. The van der Waals surface area contributed by atoms with Crippen molar-refractivity contribution in [3.05, 3.63) is 36.3 Å². The van der Waals surface area contributed by atoms with Gasteiger partial charge in [0.15, 0.2) is 11.5 Å². The van der Waals surface area contributed by atoms with Gasteiger partial charge in [0.25, 0.3) is 0 Å². The molecule has 0 spiro atoms. The predicted octanol–water partition coefficient (Wildman–Crippen LogP) is 2.77. The van der Waals surface area contributed by atoms with Gasteiger partial charge in [-0.2, -0.15) is 10.2 Å². The number of anilines is 2. The Hall–Kier alpha value is -2.96. The average molecular weight is 293 g/mol. The van der Waals surface area contributed by atoms with Crippen LogP contribution in [-0.4, -0.2) is 29.9 Å². The zero-order chi connectivity index (χ0) is 15.1. The van der Waals surface area contributed by atoms with Crippen molar-refractivity contribution in [3.63, 3.8) is 0 Å². The second kappa shape index (κ2) is 4.80. The number of fused-ring (bicyclic) bond motifs is 2. The van der Waals surface area contributed by atoms with Gasteiger partial charge in [0.1, 0.15) is 5.52 Å². The minimum absolute atomic E-state index is 0.692. The van der Waals surface area contributed by atoms with E-state index in [-0.39, 0.29) is 0 Å². The van der Waals surface area contributed by atoms with Gasteiger partial charge in [-0.1, -0.05) is 0 Å². The van der Waals surface area contributed by atoms with Gasteiger partial charge in [0.05, 0.1) is 23.1 Å². The molecule has 0 aliphatic carbocycles. The molecular formula is C15H15N7. The van der Waals surface area contributed by atoms with Crippen LogP contribution in [0.5, 0.6) is 0 Å². The summed E-state index contributed by atoms with van der Waals surface area (Å²) in [5.41, 5.74) is 4.44. The van der Waals surface area contributed by atoms with Crippen LogP contribution < -0.4 is 5.32 Å². The highest BCUT2D eigenvalue weighted by atomic mass is 15.3. The van der Waals surface area contributed by atoms with Crippen molar-refractivity contribution < 1.29 is 0 Å². The molecule has 0 atom stereocenters. The van der Waals surface area contributed by atoms with Crippen LogP contribution in [0.15, 0.2) is 30.6 Å². The lowest BCUT2D eigenvalue weighted by Crippen LogP contribution is -1.98. The molecule has 0 unspecified atom stereocenters. The average Bonchev–Trinajstić information content (AvgIpc) is 3.09.